The quantitative estimate of drug-likeness (QED) is 0.407. The number of guanidine groups is 1. The number of hydrogen-bond donors (Lipinski definition) is 1. The summed E-state index contributed by atoms with van der Waals surface area (Å²) in [5, 5.41) is 3.61. The van der Waals surface area contributed by atoms with Gasteiger partial charge in [-0.05, 0) is 50.9 Å². The van der Waals surface area contributed by atoms with E-state index in [0.717, 1.165) is 38.1 Å². The van der Waals surface area contributed by atoms with Crippen LogP contribution in [0.2, 0.25) is 0 Å². The van der Waals surface area contributed by atoms with Crippen LogP contribution in [0.1, 0.15) is 30.1 Å². The van der Waals surface area contributed by atoms with Gasteiger partial charge in [-0.15, -0.1) is 24.0 Å². The first kappa shape index (κ1) is 21.4. The molecular formula is C20H33IN4O. The van der Waals surface area contributed by atoms with E-state index in [4.69, 9.17) is 4.74 Å². The third-order valence-electron chi connectivity index (χ3n) is 5.41. The summed E-state index contributed by atoms with van der Waals surface area (Å²) in [4.78, 5) is 9.20. The highest BCUT2D eigenvalue weighted by molar-refractivity contribution is 14.0. The van der Waals surface area contributed by atoms with Gasteiger partial charge in [0, 0.05) is 26.2 Å². The first-order chi connectivity index (χ1) is 12.1. The Bertz CT molecular complexity index is 601. The van der Waals surface area contributed by atoms with E-state index in [2.05, 4.69) is 65.4 Å². The molecule has 1 aliphatic heterocycles. The number of hydrogen-bond acceptors (Lipinski definition) is 3. The molecule has 1 N–H and O–H groups in total. The van der Waals surface area contributed by atoms with Crippen LogP contribution in [0.25, 0.3) is 0 Å². The van der Waals surface area contributed by atoms with Gasteiger partial charge < -0.3 is 19.9 Å². The van der Waals surface area contributed by atoms with Crippen LogP contribution in [0, 0.1) is 12.8 Å². The van der Waals surface area contributed by atoms with Crippen LogP contribution in [0.3, 0.4) is 0 Å². The Kier molecular flexibility index (Phi) is 8.16. The third-order valence-corrected chi connectivity index (χ3v) is 5.41. The molecule has 1 heterocycles. The molecule has 0 radical (unpaired) electrons. The van der Waals surface area contributed by atoms with Crippen molar-refractivity contribution in [1.29, 1.82) is 0 Å². The van der Waals surface area contributed by atoms with Crippen molar-refractivity contribution < 1.29 is 4.74 Å². The number of ether oxygens (including phenoxy) is 1. The topological polar surface area (TPSA) is 40.1 Å². The smallest absolute Gasteiger partial charge is 0.193 e. The summed E-state index contributed by atoms with van der Waals surface area (Å²) in [5.41, 5.74) is 2.57. The Labute approximate surface area is 175 Å². The number of morpholine rings is 1. The van der Waals surface area contributed by atoms with Gasteiger partial charge >= 0.3 is 0 Å². The van der Waals surface area contributed by atoms with Gasteiger partial charge in [0.1, 0.15) is 6.10 Å². The molecule has 6 heteroatoms. The molecule has 1 saturated carbocycles. The fraction of sp³-hybridized carbons (Fsp3) is 0.650. The molecule has 1 saturated heterocycles. The summed E-state index contributed by atoms with van der Waals surface area (Å²) in [5.74, 6) is 1.83. The SMILES string of the molecule is CN=C(NCC(C1CC1)N(C)C)N1CCOC(c2ccccc2C)C1.I. The highest BCUT2D eigenvalue weighted by Gasteiger charge is 2.33. The highest BCUT2D eigenvalue weighted by atomic mass is 127. The minimum atomic E-state index is 0. The monoisotopic (exact) mass is 472 g/mol. The fourth-order valence-electron chi connectivity index (χ4n) is 3.76. The second-order valence-corrected chi connectivity index (χ2v) is 7.46. The number of rotatable bonds is 5. The highest BCUT2D eigenvalue weighted by Crippen LogP contribution is 2.34. The number of aryl methyl sites for hydroxylation is 1. The Morgan fingerprint density at radius 3 is 2.69 bits per heavy atom. The molecular weight excluding hydrogens is 439 g/mol. The average molecular weight is 472 g/mol. The molecule has 0 spiro atoms. The Morgan fingerprint density at radius 2 is 2.08 bits per heavy atom. The molecule has 26 heavy (non-hydrogen) atoms. The third kappa shape index (κ3) is 5.33. The normalized spacial score (nSPS) is 22.1. The maximum atomic E-state index is 6.05. The number of benzene rings is 1. The summed E-state index contributed by atoms with van der Waals surface area (Å²) in [6.45, 7) is 5.58. The van der Waals surface area contributed by atoms with Crippen LogP contribution in [-0.4, -0.2) is 69.2 Å². The van der Waals surface area contributed by atoms with Gasteiger partial charge in [0.05, 0.1) is 13.2 Å². The first-order valence-electron chi connectivity index (χ1n) is 9.39. The van der Waals surface area contributed by atoms with Gasteiger partial charge in [0.25, 0.3) is 0 Å². The predicted octanol–water partition coefficient (Wildman–Crippen LogP) is 2.90. The van der Waals surface area contributed by atoms with Crippen LogP contribution in [-0.2, 0) is 4.74 Å². The van der Waals surface area contributed by atoms with E-state index in [-0.39, 0.29) is 30.1 Å². The van der Waals surface area contributed by atoms with E-state index < -0.39 is 0 Å². The van der Waals surface area contributed by atoms with Gasteiger partial charge in [-0.1, -0.05) is 24.3 Å². The molecule has 0 aromatic heterocycles. The van der Waals surface area contributed by atoms with Crippen LogP contribution in [0.15, 0.2) is 29.3 Å². The van der Waals surface area contributed by atoms with Crippen molar-refractivity contribution in [3.8, 4) is 0 Å². The molecule has 2 atom stereocenters. The van der Waals surface area contributed by atoms with Gasteiger partial charge in [0.2, 0.25) is 0 Å². The zero-order valence-electron chi connectivity index (χ0n) is 16.4. The van der Waals surface area contributed by atoms with E-state index in [1.54, 1.807) is 0 Å². The van der Waals surface area contributed by atoms with Crippen LogP contribution >= 0.6 is 24.0 Å². The summed E-state index contributed by atoms with van der Waals surface area (Å²) >= 11 is 0. The van der Waals surface area contributed by atoms with Gasteiger partial charge in [-0.3, -0.25) is 4.99 Å². The lowest BCUT2D eigenvalue weighted by molar-refractivity contribution is -0.00841. The molecule has 5 nitrogen and oxygen atoms in total. The van der Waals surface area contributed by atoms with E-state index in [9.17, 15) is 0 Å². The van der Waals surface area contributed by atoms with Crippen molar-refractivity contribution in [3.05, 3.63) is 35.4 Å². The van der Waals surface area contributed by atoms with Crippen LogP contribution in [0.4, 0.5) is 0 Å². The van der Waals surface area contributed by atoms with Crippen LogP contribution < -0.4 is 5.32 Å². The molecule has 2 unspecified atom stereocenters. The molecule has 146 valence electrons. The van der Waals surface area contributed by atoms with E-state index in [1.165, 1.54) is 24.0 Å². The minimum absolute atomic E-state index is 0. The van der Waals surface area contributed by atoms with E-state index in [0.29, 0.717) is 6.04 Å². The Morgan fingerprint density at radius 1 is 1.35 bits per heavy atom. The summed E-state index contributed by atoms with van der Waals surface area (Å²) < 4.78 is 6.05. The molecule has 2 fully saturated rings. The molecule has 1 aromatic carbocycles. The summed E-state index contributed by atoms with van der Waals surface area (Å²) in [7, 11) is 6.23. The second kappa shape index (κ2) is 9.90. The van der Waals surface area contributed by atoms with Crippen molar-refractivity contribution in [3.63, 3.8) is 0 Å². The number of halogens is 1. The lowest BCUT2D eigenvalue weighted by Crippen LogP contribution is -2.51. The minimum Gasteiger partial charge on any atom is -0.370 e. The number of nitrogens with zero attached hydrogens (tertiary/aromatic N) is 3. The van der Waals surface area contributed by atoms with Crippen molar-refractivity contribution in [2.75, 3.05) is 47.4 Å². The summed E-state index contributed by atoms with van der Waals surface area (Å²) in [6.07, 6.45) is 2.83. The largest absolute Gasteiger partial charge is 0.370 e. The second-order valence-electron chi connectivity index (χ2n) is 7.46. The fourth-order valence-corrected chi connectivity index (χ4v) is 3.76. The maximum Gasteiger partial charge on any atom is 0.193 e. The number of aliphatic imine (C=N–C) groups is 1. The van der Waals surface area contributed by atoms with E-state index >= 15 is 0 Å². The van der Waals surface area contributed by atoms with E-state index in [1.807, 2.05) is 7.05 Å². The summed E-state index contributed by atoms with van der Waals surface area (Å²) in [6, 6.07) is 9.09. The van der Waals surface area contributed by atoms with Crippen molar-refractivity contribution in [2.45, 2.75) is 31.9 Å². The number of likely N-dealkylation sites (N-methyl/N-ethyl adjacent to an activating group) is 1. The van der Waals surface area contributed by atoms with Crippen molar-refractivity contribution in [1.82, 2.24) is 15.1 Å². The van der Waals surface area contributed by atoms with Crippen LogP contribution in [0.5, 0.6) is 0 Å². The van der Waals surface area contributed by atoms with Crippen molar-refractivity contribution >= 4 is 29.9 Å². The maximum absolute atomic E-state index is 6.05. The Hall–Kier alpha value is -0.860. The average Bonchev–Trinajstić information content (AvgIpc) is 3.44. The molecule has 3 rings (SSSR count). The van der Waals surface area contributed by atoms with Gasteiger partial charge in [-0.2, -0.15) is 0 Å². The van der Waals surface area contributed by atoms with Gasteiger partial charge in [0.15, 0.2) is 5.96 Å². The number of nitrogens with one attached hydrogen (secondary N) is 1. The van der Waals surface area contributed by atoms with Crippen molar-refractivity contribution in [2.24, 2.45) is 10.9 Å². The Balaban J connectivity index is 0.00000243. The molecule has 1 aromatic rings. The molecule has 0 bridgehead atoms. The lowest BCUT2D eigenvalue weighted by Gasteiger charge is -2.36. The zero-order chi connectivity index (χ0) is 17.8. The van der Waals surface area contributed by atoms with Gasteiger partial charge in [-0.25, -0.2) is 0 Å². The lowest BCUT2D eigenvalue weighted by atomic mass is 10.0. The first-order valence-corrected chi connectivity index (χ1v) is 9.39. The standard InChI is InChI=1S/C20H32N4O.HI/c1-15-7-5-6-8-17(15)19-14-24(11-12-25-19)20(21-2)22-13-18(23(3)4)16-9-10-16;/h5-8,16,18-19H,9-14H2,1-4H3,(H,21,22);1H. The predicted molar refractivity (Wildman–Crippen MR) is 118 cm³/mol. The molecule has 1 aliphatic carbocycles. The molecule has 0 amide bonds. The zero-order valence-corrected chi connectivity index (χ0v) is 18.8. The molecule has 2 aliphatic rings.